The fraction of sp³-hybridized carbons (Fsp3) is 0.571. The third-order valence-corrected chi connectivity index (χ3v) is 3.78. The van der Waals surface area contributed by atoms with Gasteiger partial charge >= 0.3 is 0 Å². The van der Waals surface area contributed by atoms with Crippen molar-refractivity contribution in [2.24, 2.45) is 5.41 Å². The lowest BCUT2D eigenvalue weighted by Crippen LogP contribution is -2.35. The molecule has 1 aromatic carbocycles. The van der Waals surface area contributed by atoms with Crippen molar-refractivity contribution < 1.29 is 10.2 Å². The zero-order valence-corrected chi connectivity index (χ0v) is 10.2. The van der Waals surface area contributed by atoms with E-state index in [0.717, 1.165) is 25.1 Å². The van der Waals surface area contributed by atoms with Crippen molar-refractivity contribution in [3.8, 4) is 5.75 Å². The summed E-state index contributed by atoms with van der Waals surface area (Å²) in [5.41, 5.74) is 1.05. The van der Waals surface area contributed by atoms with Crippen LogP contribution < -0.4 is 5.32 Å². The van der Waals surface area contributed by atoms with Crippen molar-refractivity contribution in [1.82, 2.24) is 0 Å². The van der Waals surface area contributed by atoms with Crippen LogP contribution in [0.4, 0.5) is 5.69 Å². The fourth-order valence-corrected chi connectivity index (χ4v) is 2.56. The van der Waals surface area contributed by atoms with E-state index in [1.165, 1.54) is 19.3 Å². The normalized spacial score (nSPS) is 18.9. The number of aliphatic hydroxyl groups is 1. The highest BCUT2D eigenvalue weighted by molar-refractivity contribution is 5.46. The Morgan fingerprint density at radius 3 is 2.29 bits per heavy atom. The second kappa shape index (κ2) is 5.41. The summed E-state index contributed by atoms with van der Waals surface area (Å²) in [5.74, 6) is 0.282. The summed E-state index contributed by atoms with van der Waals surface area (Å²) in [7, 11) is 0. The highest BCUT2D eigenvalue weighted by Crippen LogP contribution is 2.36. The van der Waals surface area contributed by atoms with Gasteiger partial charge in [-0.3, -0.25) is 0 Å². The lowest BCUT2D eigenvalue weighted by Gasteiger charge is -2.36. The molecule has 0 radical (unpaired) electrons. The fourth-order valence-electron chi connectivity index (χ4n) is 2.56. The number of hydrogen-bond acceptors (Lipinski definition) is 3. The largest absolute Gasteiger partial charge is 0.508 e. The Labute approximate surface area is 102 Å². The number of aliphatic hydroxyl groups excluding tert-OH is 1. The Hall–Kier alpha value is -1.22. The molecule has 0 aliphatic heterocycles. The van der Waals surface area contributed by atoms with Gasteiger partial charge in [-0.25, -0.2) is 0 Å². The summed E-state index contributed by atoms with van der Waals surface area (Å²) in [4.78, 5) is 0. The molecule has 0 aromatic heterocycles. The van der Waals surface area contributed by atoms with E-state index in [1.807, 2.05) is 12.1 Å². The van der Waals surface area contributed by atoms with E-state index >= 15 is 0 Å². The zero-order valence-electron chi connectivity index (χ0n) is 10.2. The molecule has 0 amide bonds. The molecule has 0 atom stereocenters. The maximum absolute atomic E-state index is 9.58. The molecule has 1 fully saturated rings. The van der Waals surface area contributed by atoms with Crippen molar-refractivity contribution in [3.05, 3.63) is 24.3 Å². The molecule has 94 valence electrons. The highest BCUT2D eigenvalue weighted by atomic mass is 16.3. The van der Waals surface area contributed by atoms with Gasteiger partial charge in [-0.1, -0.05) is 19.3 Å². The van der Waals surface area contributed by atoms with E-state index in [1.54, 1.807) is 12.1 Å². The van der Waals surface area contributed by atoms with Gasteiger partial charge < -0.3 is 15.5 Å². The predicted octanol–water partition coefficient (Wildman–Crippen LogP) is 2.75. The Morgan fingerprint density at radius 1 is 1.06 bits per heavy atom. The minimum atomic E-state index is 0.0517. The van der Waals surface area contributed by atoms with Gasteiger partial charge in [-0.05, 0) is 37.1 Å². The van der Waals surface area contributed by atoms with Crippen LogP contribution in [0.25, 0.3) is 0 Å². The summed E-state index contributed by atoms with van der Waals surface area (Å²) in [6, 6.07) is 7.08. The van der Waals surface area contributed by atoms with Gasteiger partial charge in [-0.2, -0.15) is 0 Å². The molecule has 1 aromatic rings. The SMILES string of the molecule is OCC1(CNc2ccc(O)cc2)CCCCC1. The first-order valence-corrected chi connectivity index (χ1v) is 6.38. The monoisotopic (exact) mass is 235 g/mol. The lowest BCUT2D eigenvalue weighted by atomic mass is 9.74. The van der Waals surface area contributed by atoms with E-state index < -0.39 is 0 Å². The molecule has 1 saturated carbocycles. The Balaban J connectivity index is 1.93. The summed E-state index contributed by atoms with van der Waals surface area (Å²) in [5, 5.41) is 22.1. The molecular formula is C14H21NO2. The van der Waals surface area contributed by atoms with Gasteiger partial charge in [0.1, 0.15) is 5.75 Å². The first-order chi connectivity index (χ1) is 8.24. The summed E-state index contributed by atoms with van der Waals surface area (Å²) in [6.07, 6.45) is 5.94. The second-order valence-corrected chi connectivity index (χ2v) is 5.12. The molecule has 0 unspecified atom stereocenters. The molecule has 3 nitrogen and oxygen atoms in total. The second-order valence-electron chi connectivity index (χ2n) is 5.12. The molecule has 0 bridgehead atoms. The van der Waals surface area contributed by atoms with Crippen LogP contribution in [0.5, 0.6) is 5.75 Å². The van der Waals surface area contributed by atoms with E-state index in [9.17, 15) is 10.2 Å². The molecule has 2 rings (SSSR count). The van der Waals surface area contributed by atoms with Crippen LogP contribution in [0.15, 0.2) is 24.3 Å². The number of phenols is 1. The highest BCUT2D eigenvalue weighted by Gasteiger charge is 2.30. The minimum absolute atomic E-state index is 0.0517. The van der Waals surface area contributed by atoms with Gasteiger partial charge in [0.05, 0.1) is 6.61 Å². The number of benzene rings is 1. The van der Waals surface area contributed by atoms with Crippen LogP contribution in [0.3, 0.4) is 0 Å². The van der Waals surface area contributed by atoms with Crippen LogP contribution in [-0.2, 0) is 0 Å². The van der Waals surface area contributed by atoms with E-state index in [0.29, 0.717) is 0 Å². The van der Waals surface area contributed by atoms with E-state index in [4.69, 9.17) is 0 Å². The zero-order chi connectivity index (χ0) is 12.1. The van der Waals surface area contributed by atoms with Crippen molar-refractivity contribution >= 4 is 5.69 Å². The third-order valence-electron chi connectivity index (χ3n) is 3.78. The molecule has 0 heterocycles. The first kappa shape index (κ1) is 12.2. The third kappa shape index (κ3) is 3.13. The Bertz CT molecular complexity index is 342. The van der Waals surface area contributed by atoms with Crippen molar-refractivity contribution in [3.63, 3.8) is 0 Å². The molecule has 1 aliphatic rings. The summed E-state index contributed by atoms with van der Waals surface area (Å²) < 4.78 is 0. The molecule has 1 aliphatic carbocycles. The first-order valence-electron chi connectivity index (χ1n) is 6.38. The van der Waals surface area contributed by atoms with Crippen LogP contribution in [0.1, 0.15) is 32.1 Å². The van der Waals surface area contributed by atoms with Crippen LogP contribution in [-0.4, -0.2) is 23.4 Å². The van der Waals surface area contributed by atoms with Gasteiger partial charge in [-0.15, -0.1) is 0 Å². The van der Waals surface area contributed by atoms with Crippen LogP contribution >= 0.6 is 0 Å². The number of aromatic hydroxyl groups is 1. The van der Waals surface area contributed by atoms with Crippen molar-refractivity contribution in [2.45, 2.75) is 32.1 Å². The Kier molecular flexibility index (Phi) is 3.89. The standard InChI is InChI=1S/C14H21NO2/c16-11-14(8-2-1-3-9-14)10-15-12-4-6-13(17)7-5-12/h4-7,15-17H,1-3,8-11H2. The van der Waals surface area contributed by atoms with Gasteiger partial charge in [0, 0.05) is 17.6 Å². The summed E-state index contributed by atoms with van der Waals surface area (Å²) >= 11 is 0. The van der Waals surface area contributed by atoms with Gasteiger partial charge in [0.15, 0.2) is 0 Å². The molecular weight excluding hydrogens is 214 g/mol. The smallest absolute Gasteiger partial charge is 0.115 e. The molecule has 17 heavy (non-hydrogen) atoms. The van der Waals surface area contributed by atoms with Crippen molar-refractivity contribution in [1.29, 1.82) is 0 Å². The Morgan fingerprint density at radius 2 is 1.71 bits per heavy atom. The predicted molar refractivity (Wildman–Crippen MR) is 69.2 cm³/mol. The van der Waals surface area contributed by atoms with Gasteiger partial charge in [0.25, 0.3) is 0 Å². The quantitative estimate of drug-likeness (QED) is 0.703. The topological polar surface area (TPSA) is 52.5 Å². The molecule has 0 spiro atoms. The maximum Gasteiger partial charge on any atom is 0.115 e. The average molecular weight is 235 g/mol. The minimum Gasteiger partial charge on any atom is -0.508 e. The number of anilines is 1. The lowest BCUT2D eigenvalue weighted by molar-refractivity contribution is 0.0944. The summed E-state index contributed by atoms with van der Waals surface area (Å²) in [6.45, 7) is 1.08. The average Bonchev–Trinajstić information content (AvgIpc) is 2.39. The van der Waals surface area contributed by atoms with E-state index in [2.05, 4.69) is 5.32 Å². The number of nitrogens with one attached hydrogen (secondary N) is 1. The van der Waals surface area contributed by atoms with Crippen molar-refractivity contribution in [2.75, 3.05) is 18.5 Å². The number of phenolic OH excluding ortho intramolecular Hbond substituents is 1. The van der Waals surface area contributed by atoms with Crippen LogP contribution in [0, 0.1) is 5.41 Å². The molecule has 3 N–H and O–H groups in total. The van der Waals surface area contributed by atoms with E-state index in [-0.39, 0.29) is 17.8 Å². The van der Waals surface area contributed by atoms with Gasteiger partial charge in [0.2, 0.25) is 0 Å². The molecule has 0 saturated heterocycles. The number of hydrogen-bond donors (Lipinski definition) is 3. The molecule has 3 heteroatoms. The van der Waals surface area contributed by atoms with Crippen LogP contribution in [0.2, 0.25) is 0 Å². The number of rotatable bonds is 4. The maximum atomic E-state index is 9.58.